The number of fused-ring (bicyclic) bond motifs is 7. The molecule has 0 aromatic heterocycles. The number of ether oxygens (including phenoxy) is 1. The summed E-state index contributed by atoms with van der Waals surface area (Å²) in [5, 5.41) is 13.1. The topological polar surface area (TPSA) is 96.3 Å². The van der Waals surface area contributed by atoms with Gasteiger partial charge in [-0.3, -0.25) is 9.59 Å². The molecule has 42 heavy (non-hydrogen) atoms. The molecule has 6 heteroatoms. The number of nitriles is 1. The van der Waals surface area contributed by atoms with Gasteiger partial charge in [0, 0.05) is 24.3 Å². The molecule has 5 aliphatic rings. The average Bonchev–Trinajstić information content (AvgIpc) is 2.85. The Labute approximate surface area is 253 Å². The molecule has 0 aliphatic heterocycles. The standard InChI is InChI=1S/C36H54N2O4/c1-30(2,3)42-29(41)38-21-36-15-13-31(4,5)19-23(36)27-24(39)17-26-33(8)18-22(20-37)28(40)32(6,7)25(33)11-12-34(26,9)35(27,10)14-16-36/h18,23,25-27H,11-17,19,21H2,1-10H3,(H,38,41). The van der Waals surface area contributed by atoms with Gasteiger partial charge in [0.1, 0.15) is 17.5 Å². The van der Waals surface area contributed by atoms with E-state index < -0.39 is 16.4 Å². The lowest BCUT2D eigenvalue weighted by molar-refractivity contribution is -0.222. The number of ketones is 2. The summed E-state index contributed by atoms with van der Waals surface area (Å²) in [5.74, 6) is 0.622. The van der Waals surface area contributed by atoms with Crippen LogP contribution in [0.2, 0.25) is 0 Å². The minimum atomic E-state index is -0.626. The molecule has 5 rings (SSSR count). The molecule has 0 bridgehead atoms. The SMILES string of the molecule is CC1(C)CCC2(CNC(=O)OC(C)(C)C)CCC3(C)C(C(=O)CC4C5(C)C=C(C#N)C(=O)C(C)(C)C5CCC43C)C2C1. The van der Waals surface area contributed by atoms with Crippen molar-refractivity contribution in [3.8, 4) is 6.07 Å². The summed E-state index contributed by atoms with van der Waals surface area (Å²) in [4.78, 5) is 40.8. The van der Waals surface area contributed by atoms with E-state index in [9.17, 15) is 19.6 Å². The summed E-state index contributed by atoms with van der Waals surface area (Å²) in [5.41, 5.74) is -1.58. The van der Waals surface area contributed by atoms with Gasteiger partial charge in [-0.05, 0) is 111 Å². The van der Waals surface area contributed by atoms with Gasteiger partial charge in [-0.2, -0.15) is 5.26 Å². The third kappa shape index (κ3) is 4.42. The Balaban J connectivity index is 1.54. The highest BCUT2D eigenvalue weighted by atomic mass is 16.6. The van der Waals surface area contributed by atoms with Crippen LogP contribution in [0, 0.1) is 67.5 Å². The van der Waals surface area contributed by atoms with E-state index in [1.165, 1.54) is 0 Å². The lowest BCUT2D eigenvalue weighted by Crippen LogP contribution is -2.69. The lowest BCUT2D eigenvalue weighted by atomic mass is 9.31. The van der Waals surface area contributed by atoms with Crippen molar-refractivity contribution in [2.75, 3.05) is 6.54 Å². The van der Waals surface area contributed by atoms with Crippen LogP contribution in [-0.2, 0) is 14.3 Å². The van der Waals surface area contributed by atoms with E-state index >= 15 is 0 Å². The molecular weight excluding hydrogens is 524 g/mol. The Kier molecular flexibility index (Phi) is 7.01. The zero-order valence-corrected chi connectivity index (χ0v) is 27.8. The Morgan fingerprint density at radius 1 is 0.976 bits per heavy atom. The Morgan fingerprint density at radius 2 is 1.62 bits per heavy atom. The summed E-state index contributed by atoms with van der Waals surface area (Å²) in [6.07, 6.45) is 9.01. The van der Waals surface area contributed by atoms with Gasteiger partial charge in [0.2, 0.25) is 0 Å². The molecule has 1 N–H and O–H groups in total. The van der Waals surface area contributed by atoms with Gasteiger partial charge in [-0.1, -0.05) is 54.5 Å². The molecule has 0 aromatic carbocycles. The van der Waals surface area contributed by atoms with Gasteiger partial charge < -0.3 is 10.1 Å². The van der Waals surface area contributed by atoms with Crippen LogP contribution in [0.25, 0.3) is 0 Å². The maximum Gasteiger partial charge on any atom is 0.407 e. The minimum absolute atomic E-state index is 0.0494. The first kappa shape index (κ1) is 31.3. The van der Waals surface area contributed by atoms with Crippen LogP contribution in [0.3, 0.4) is 0 Å². The number of hydrogen-bond donors (Lipinski definition) is 1. The molecule has 0 heterocycles. The molecule has 232 valence electrons. The summed E-state index contributed by atoms with van der Waals surface area (Å²) in [7, 11) is 0. The molecule has 0 radical (unpaired) electrons. The van der Waals surface area contributed by atoms with Crippen LogP contribution in [0.5, 0.6) is 0 Å². The van der Waals surface area contributed by atoms with Gasteiger partial charge in [0.05, 0.1) is 5.57 Å². The summed E-state index contributed by atoms with van der Waals surface area (Å²) in [6, 6.07) is 2.22. The van der Waals surface area contributed by atoms with Gasteiger partial charge in [0.25, 0.3) is 0 Å². The van der Waals surface area contributed by atoms with E-state index in [-0.39, 0.29) is 62.8 Å². The Morgan fingerprint density at radius 3 is 2.24 bits per heavy atom. The number of Topliss-reactive ketones (excluding diaryl/α,β-unsaturated/α-hetero) is 2. The number of nitrogens with one attached hydrogen (secondary N) is 1. The molecule has 6 nitrogen and oxygen atoms in total. The van der Waals surface area contributed by atoms with Gasteiger partial charge in [-0.25, -0.2) is 4.79 Å². The number of nitrogens with zero attached hydrogens (tertiary/aromatic N) is 1. The Hall–Kier alpha value is -2.16. The largest absolute Gasteiger partial charge is 0.444 e. The predicted octanol–water partition coefficient (Wildman–Crippen LogP) is 7.81. The maximum atomic E-state index is 14.7. The molecule has 8 atom stereocenters. The second-order valence-electron chi connectivity index (χ2n) is 17.9. The van der Waals surface area contributed by atoms with E-state index in [0.717, 1.165) is 44.9 Å². The van der Waals surface area contributed by atoms with Crippen LogP contribution in [-0.4, -0.2) is 29.8 Å². The normalized spacial score (nSPS) is 43.9. The monoisotopic (exact) mass is 578 g/mol. The molecular formula is C36H54N2O4. The van der Waals surface area contributed by atoms with Crippen LogP contribution in [0.15, 0.2) is 11.6 Å². The first-order valence-corrected chi connectivity index (χ1v) is 16.3. The van der Waals surface area contributed by atoms with E-state index in [2.05, 4.69) is 46.0 Å². The number of carbonyl (C=O) groups excluding carboxylic acids is 3. The van der Waals surface area contributed by atoms with Crippen molar-refractivity contribution < 1.29 is 19.1 Å². The Bertz CT molecular complexity index is 1270. The minimum Gasteiger partial charge on any atom is -0.444 e. The molecule has 8 unspecified atom stereocenters. The van der Waals surface area contributed by atoms with Crippen molar-refractivity contribution >= 4 is 17.7 Å². The average molecular weight is 579 g/mol. The van der Waals surface area contributed by atoms with Crippen LogP contribution in [0.4, 0.5) is 4.79 Å². The van der Waals surface area contributed by atoms with Crippen LogP contribution < -0.4 is 5.32 Å². The molecule has 0 aromatic rings. The number of rotatable bonds is 2. The molecule has 5 aliphatic carbocycles. The fourth-order valence-electron chi connectivity index (χ4n) is 11.3. The van der Waals surface area contributed by atoms with Crippen molar-refractivity contribution in [1.82, 2.24) is 5.32 Å². The zero-order chi connectivity index (χ0) is 31.3. The highest BCUT2D eigenvalue weighted by molar-refractivity contribution is 6.04. The van der Waals surface area contributed by atoms with E-state index in [1.807, 2.05) is 40.7 Å². The second kappa shape index (κ2) is 9.42. The third-order valence-corrected chi connectivity index (χ3v) is 13.6. The summed E-state index contributed by atoms with van der Waals surface area (Å²) < 4.78 is 5.61. The zero-order valence-electron chi connectivity index (χ0n) is 27.8. The van der Waals surface area contributed by atoms with E-state index in [1.54, 1.807) is 0 Å². The molecule has 1 amide bonds. The first-order chi connectivity index (χ1) is 19.2. The molecule has 0 saturated heterocycles. The first-order valence-electron chi connectivity index (χ1n) is 16.3. The summed E-state index contributed by atoms with van der Waals surface area (Å²) in [6.45, 7) is 22.0. The number of hydrogen-bond acceptors (Lipinski definition) is 5. The fraction of sp³-hybridized carbons (Fsp3) is 0.833. The fourth-order valence-corrected chi connectivity index (χ4v) is 11.3. The number of carbonyl (C=O) groups is 3. The van der Waals surface area contributed by atoms with Crippen molar-refractivity contribution in [3.63, 3.8) is 0 Å². The van der Waals surface area contributed by atoms with Crippen molar-refractivity contribution in [1.29, 1.82) is 5.26 Å². The quantitative estimate of drug-likeness (QED) is 0.360. The van der Waals surface area contributed by atoms with Gasteiger partial charge >= 0.3 is 6.09 Å². The highest BCUT2D eigenvalue weighted by Crippen LogP contribution is 2.75. The van der Waals surface area contributed by atoms with E-state index in [4.69, 9.17) is 4.74 Å². The van der Waals surface area contributed by atoms with Gasteiger partial charge in [-0.15, -0.1) is 0 Å². The third-order valence-electron chi connectivity index (χ3n) is 13.6. The van der Waals surface area contributed by atoms with Crippen LogP contribution in [0.1, 0.15) is 121 Å². The van der Waals surface area contributed by atoms with Crippen molar-refractivity contribution in [3.05, 3.63) is 11.6 Å². The predicted molar refractivity (Wildman–Crippen MR) is 163 cm³/mol. The number of alkyl carbamates (subject to hydrolysis) is 1. The molecule has 4 fully saturated rings. The molecule has 0 spiro atoms. The number of amides is 1. The highest BCUT2D eigenvalue weighted by Gasteiger charge is 2.72. The van der Waals surface area contributed by atoms with Crippen LogP contribution >= 0.6 is 0 Å². The number of allylic oxidation sites excluding steroid dienone is 2. The van der Waals surface area contributed by atoms with Gasteiger partial charge in [0.15, 0.2) is 5.78 Å². The second-order valence-corrected chi connectivity index (χ2v) is 17.9. The smallest absolute Gasteiger partial charge is 0.407 e. The van der Waals surface area contributed by atoms with Crippen molar-refractivity contribution in [2.45, 2.75) is 126 Å². The van der Waals surface area contributed by atoms with E-state index in [0.29, 0.717) is 18.7 Å². The van der Waals surface area contributed by atoms with Crippen molar-refractivity contribution in [2.24, 2.45) is 56.2 Å². The molecule has 4 saturated carbocycles. The maximum absolute atomic E-state index is 14.7. The summed E-state index contributed by atoms with van der Waals surface area (Å²) >= 11 is 0. The lowest BCUT2D eigenvalue weighted by Gasteiger charge is -2.72.